The second-order valence-corrected chi connectivity index (χ2v) is 9.32. The summed E-state index contributed by atoms with van der Waals surface area (Å²) in [5.41, 5.74) is 1.05. The van der Waals surface area contributed by atoms with E-state index in [0.717, 1.165) is 12.8 Å². The molecule has 198 valence electrons. The molecular weight excluding hydrogens is 502 g/mol. The lowest BCUT2D eigenvalue weighted by Gasteiger charge is -2.10. The molecule has 0 heterocycles. The number of rotatable bonds is 14. The highest BCUT2D eigenvalue weighted by Gasteiger charge is 2.14. The van der Waals surface area contributed by atoms with E-state index in [1.54, 1.807) is 36.4 Å². The van der Waals surface area contributed by atoms with Gasteiger partial charge in [-0.3, -0.25) is 0 Å². The Hall–Kier alpha value is -3.82. The van der Waals surface area contributed by atoms with Crippen LogP contribution in [0.4, 0.5) is 0 Å². The average molecular weight is 534 g/mol. The maximum absolute atomic E-state index is 12.6. The van der Waals surface area contributed by atoms with Gasteiger partial charge in [-0.05, 0) is 73.2 Å². The monoisotopic (exact) mass is 533 g/mol. The Bertz CT molecular complexity index is 1230. The first-order chi connectivity index (χ1) is 18.5. The first-order valence-electron chi connectivity index (χ1n) is 13.0. The number of benzene rings is 3. The number of unbranched alkanes of at least 4 members (excludes halogenated alkanes) is 7. The van der Waals surface area contributed by atoms with Crippen molar-refractivity contribution < 1.29 is 23.8 Å². The highest BCUT2D eigenvalue weighted by molar-refractivity contribution is 6.32. The Labute approximate surface area is 229 Å². The maximum atomic E-state index is 12.6. The Kier molecular flexibility index (Phi) is 11.7. The number of esters is 2. The van der Waals surface area contributed by atoms with E-state index in [1.165, 1.54) is 68.9 Å². The molecule has 0 unspecified atom stereocenters. The minimum atomic E-state index is -0.575. The predicted molar refractivity (Wildman–Crippen MR) is 147 cm³/mol. The van der Waals surface area contributed by atoms with E-state index >= 15 is 0 Å². The molecule has 0 aliphatic carbocycles. The zero-order valence-electron chi connectivity index (χ0n) is 21.6. The first-order valence-corrected chi connectivity index (χ1v) is 13.3. The minimum Gasteiger partial charge on any atom is -0.492 e. The number of ether oxygens (including phenoxy) is 3. The fourth-order valence-electron chi connectivity index (χ4n) is 3.75. The van der Waals surface area contributed by atoms with Gasteiger partial charge in [0.2, 0.25) is 0 Å². The van der Waals surface area contributed by atoms with Gasteiger partial charge in [-0.2, -0.15) is 5.26 Å². The summed E-state index contributed by atoms with van der Waals surface area (Å²) in [7, 11) is 0. The lowest BCUT2D eigenvalue weighted by molar-refractivity contribution is 0.0730. The van der Waals surface area contributed by atoms with Gasteiger partial charge in [0.05, 0.1) is 34.4 Å². The summed E-state index contributed by atoms with van der Waals surface area (Å²) in [6.45, 7) is 2.80. The van der Waals surface area contributed by atoms with Crippen molar-refractivity contribution in [3.05, 3.63) is 88.4 Å². The lowest BCUT2D eigenvalue weighted by atomic mass is 10.1. The number of halogens is 1. The van der Waals surface area contributed by atoms with Crippen molar-refractivity contribution in [2.24, 2.45) is 0 Å². The Morgan fingerprint density at radius 2 is 1.26 bits per heavy atom. The number of hydrogen-bond donors (Lipinski definition) is 0. The normalized spacial score (nSPS) is 10.4. The maximum Gasteiger partial charge on any atom is 0.343 e. The molecule has 0 saturated carbocycles. The smallest absolute Gasteiger partial charge is 0.343 e. The molecule has 7 heteroatoms. The fraction of sp³-hybridized carbons (Fsp3) is 0.323. The first kappa shape index (κ1) is 28.7. The molecule has 0 N–H and O–H groups in total. The molecule has 3 aromatic carbocycles. The van der Waals surface area contributed by atoms with Crippen molar-refractivity contribution in [2.45, 2.75) is 58.3 Å². The summed E-state index contributed by atoms with van der Waals surface area (Å²) in [5.74, 6) is -0.00432. The van der Waals surface area contributed by atoms with E-state index in [-0.39, 0.29) is 11.3 Å². The highest BCUT2D eigenvalue weighted by Crippen LogP contribution is 2.27. The van der Waals surface area contributed by atoms with Crippen LogP contribution in [0.5, 0.6) is 17.2 Å². The van der Waals surface area contributed by atoms with E-state index in [2.05, 4.69) is 6.92 Å². The van der Waals surface area contributed by atoms with Crippen LogP contribution in [-0.4, -0.2) is 18.5 Å². The van der Waals surface area contributed by atoms with Gasteiger partial charge < -0.3 is 14.2 Å². The molecule has 0 bridgehead atoms. The van der Waals surface area contributed by atoms with Gasteiger partial charge in [-0.15, -0.1) is 0 Å². The molecule has 0 aromatic heterocycles. The highest BCUT2D eigenvalue weighted by atomic mass is 35.5. The number of carbonyl (C=O) groups excluding carboxylic acids is 2. The van der Waals surface area contributed by atoms with Crippen LogP contribution in [0, 0.1) is 11.3 Å². The molecule has 6 nitrogen and oxygen atoms in total. The zero-order valence-corrected chi connectivity index (χ0v) is 22.3. The fourth-order valence-corrected chi connectivity index (χ4v) is 3.99. The zero-order chi connectivity index (χ0) is 27.2. The minimum absolute atomic E-state index is 0.274. The van der Waals surface area contributed by atoms with Crippen molar-refractivity contribution in [1.29, 1.82) is 5.26 Å². The van der Waals surface area contributed by atoms with Crippen LogP contribution in [0.15, 0.2) is 66.7 Å². The van der Waals surface area contributed by atoms with E-state index < -0.39 is 11.9 Å². The lowest BCUT2D eigenvalue weighted by Crippen LogP contribution is -2.10. The third-order valence-electron chi connectivity index (χ3n) is 5.92. The number of carbonyl (C=O) groups is 2. The third-order valence-corrected chi connectivity index (χ3v) is 6.21. The van der Waals surface area contributed by atoms with Crippen LogP contribution in [0.1, 0.15) is 84.6 Å². The molecular formula is C31H32ClNO5. The summed E-state index contributed by atoms with van der Waals surface area (Å²) in [5, 5.41) is 9.20. The quantitative estimate of drug-likeness (QED) is 0.118. The van der Waals surface area contributed by atoms with E-state index in [1.807, 2.05) is 6.07 Å². The topological polar surface area (TPSA) is 85.6 Å². The van der Waals surface area contributed by atoms with Gasteiger partial charge in [0.15, 0.2) is 0 Å². The summed E-state index contributed by atoms with van der Waals surface area (Å²) >= 11 is 6.33. The average Bonchev–Trinajstić information content (AvgIpc) is 2.93. The van der Waals surface area contributed by atoms with Crippen LogP contribution in [0.2, 0.25) is 5.02 Å². The predicted octanol–water partition coefficient (Wildman–Crippen LogP) is 8.17. The molecule has 0 fully saturated rings. The SMILES string of the molecule is CCCCCCCCCCOc1ccc(C(=O)Oc2ccc(C(=O)Oc3ccc(C#N)cc3)cc2)cc1Cl. The van der Waals surface area contributed by atoms with Crippen LogP contribution in [-0.2, 0) is 0 Å². The summed E-state index contributed by atoms with van der Waals surface area (Å²) in [6, 6.07) is 19.1. The van der Waals surface area contributed by atoms with Crippen LogP contribution in [0.3, 0.4) is 0 Å². The second kappa shape index (κ2) is 15.4. The largest absolute Gasteiger partial charge is 0.492 e. The van der Waals surface area contributed by atoms with Crippen molar-refractivity contribution in [3.8, 4) is 23.3 Å². The van der Waals surface area contributed by atoms with Gasteiger partial charge in [0, 0.05) is 0 Å². The van der Waals surface area contributed by atoms with Gasteiger partial charge in [-0.25, -0.2) is 9.59 Å². The van der Waals surface area contributed by atoms with Gasteiger partial charge in [-0.1, -0.05) is 63.5 Å². The van der Waals surface area contributed by atoms with E-state index in [0.29, 0.717) is 34.3 Å². The Balaban J connectivity index is 1.44. The molecule has 0 atom stereocenters. The molecule has 0 spiro atoms. The molecule has 0 radical (unpaired) electrons. The van der Waals surface area contributed by atoms with Gasteiger partial charge >= 0.3 is 11.9 Å². The van der Waals surface area contributed by atoms with Gasteiger partial charge in [0.1, 0.15) is 17.2 Å². The number of nitrogens with zero attached hydrogens (tertiary/aromatic N) is 1. The summed E-state index contributed by atoms with van der Waals surface area (Å²) in [6.07, 6.45) is 9.76. The molecule has 0 aliphatic heterocycles. The Morgan fingerprint density at radius 1 is 0.737 bits per heavy atom. The molecule has 38 heavy (non-hydrogen) atoms. The Morgan fingerprint density at radius 3 is 1.84 bits per heavy atom. The third kappa shape index (κ3) is 9.24. The molecule has 0 aliphatic rings. The summed E-state index contributed by atoms with van der Waals surface area (Å²) in [4.78, 5) is 24.9. The molecule has 3 rings (SSSR count). The molecule has 3 aromatic rings. The van der Waals surface area contributed by atoms with Crippen LogP contribution >= 0.6 is 11.6 Å². The van der Waals surface area contributed by atoms with Crippen molar-refractivity contribution in [2.75, 3.05) is 6.61 Å². The van der Waals surface area contributed by atoms with Crippen molar-refractivity contribution in [3.63, 3.8) is 0 Å². The van der Waals surface area contributed by atoms with Gasteiger partial charge in [0.25, 0.3) is 0 Å². The van der Waals surface area contributed by atoms with E-state index in [4.69, 9.17) is 31.1 Å². The molecule has 0 amide bonds. The number of hydrogen-bond acceptors (Lipinski definition) is 6. The van der Waals surface area contributed by atoms with Crippen molar-refractivity contribution in [1.82, 2.24) is 0 Å². The van der Waals surface area contributed by atoms with Crippen LogP contribution in [0.25, 0.3) is 0 Å². The summed E-state index contributed by atoms with van der Waals surface area (Å²) < 4.78 is 16.5. The second-order valence-electron chi connectivity index (χ2n) is 8.91. The molecule has 0 saturated heterocycles. The number of nitriles is 1. The van der Waals surface area contributed by atoms with Crippen molar-refractivity contribution >= 4 is 23.5 Å². The van der Waals surface area contributed by atoms with Crippen LogP contribution < -0.4 is 14.2 Å². The van der Waals surface area contributed by atoms with E-state index in [9.17, 15) is 9.59 Å². The standard InChI is InChI=1S/C31H32ClNO5/c1-2-3-4-5-6-7-8-9-20-36-29-19-14-25(21-28(29)32)31(35)38-27-17-12-24(13-18-27)30(34)37-26-15-10-23(22-33)11-16-26/h10-19,21H,2-9,20H2,1H3.